The van der Waals surface area contributed by atoms with Crippen LogP contribution in [0.5, 0.6) is 11.5 Å². The molecule has 0 aliphatic rings. The highest BCUT2D eigenvalue weighted by molar-refractivity contribution is 7.91. The molecule has 4 aromatic carbocycles. The van der Waals surface area contributed by atoms with Crippen molar-refractivity contribution in [3.8, 4) is 11.5 Å². The number of nitro groups is 2. The Labute approximate surface area is 221 Å². The van der Waals surface area contributed by atoms with Gasteiger partial charge in [0.1, 0.15) is 22.9 Å². The van der Waals surface area contributed by atoms with E-state index in [4.69, 9.17) is 0 Å². The number of aromatic hydroxyl groups is 2. The van der Waals surface area contributed by atoms with Gasteiger partial charge in [0, 0.05) is 36.7 Å². The number of nitrogens with zero attached hydrogens (tertiary/aromatic N) is 4. The van der Waals surface area contributed by atoms with Crippen LogP contribution in [0.2, 0.25) is 0 Å². The SMILES string of the molecule is O=[N+]([O-])c1cccc(C=Nc2cc(S(=O)(=O)c3ccc(O)c(N=Cc4cccc([N+](=O)[O-])c4)c3)ccc2O)c1. The van der Waals surface area contributed by atoms with Crippen molar-refractivity contribution in [3.05, 3.63) is 116 Å². The van der Waals surface area contributed by atoms with Gasteiger partial charge in [-0.15, -0.1) is 0 Å². The minimum atomic E-state index is -4.17. The van der Waals surface area contributed by atoms with Gasteiger partial charge in [-0.05, 0) is 47.5 Å². The Kier molecular flexibility index (Phi) is 7.44. The number of nitro benzene ring substituents is 2. The first-order chi connectivity index (χ1) is 18.5. The minimum absolute atomic E-state index is 0.0923. The topological polar surface area (TPSA) is 186 Å². The number of phenols is 2. The first kappa shape index (κ1) is 26.6. The van der Waals surface area contributed by atoms with Gasteiger partial charge in [-0.25, -0.2) is 8.42 Å². The second-order valence-electron chi connectivity index (χ2n) is 8.03. The first-order valence-corrected chi connectivity index (χ1v) is 12.5. The second-order valence-corrected chi connectivity index (χ2v) is 9.97. The highest BCUT2D eigenvalue weighted by Gasteiger charge is 2.21. The zero-order valence-electron chi connectivity index (χ0n) is 19.8. The zero-order valence-corrected chi connectivity index (χ0v) is 20.6. The number of benzene rings is 4. The van der Waals surface area contributed by atoms with Crippen LogP contribution >= 0.6 is 0 Å². The lowest BCUT2D eigenvalue weighted by atomic mass is 10.2. The summed E-state index contributed by atoms with van der Waals surface area (Å²) < 4.78 is 26.7. The van der Waals surface area contributed by atoms with Crippen LogP contribution in [0.1, 0.15) is 11.1 Å². The number of rotatable bonds is 8. The van der Waals surface area contributed by atoms with Crippen molar-refractivity contribution in [1.82, 2.24) is 0 Å². The standard InChI is InChI=1S/C26H18N4O8S/c31-25-9-7-21(13-23(25)27-15-17-3-1-5-19(11-17)29(33)34)39(37,38)22-8-10-26(32)24(14-22)28-16-18-4-2-6-20(12-18)30(35)36/h1-16,31-32H. The van der Waals surface area contributed by atoms with E-state index in [1.165, 1.54) is 61.0 Å². The number of sulfone groups is 1. The number of phenolic OH excluding ortho intramolecular Hbond substituents is 2. The molecular formula is C26H18N4O8S. The molecule has 0 aliphatic heterocycles. The summed E-state index contributed by atoms with van der Waals surface area (Å²) in [4.78, 5) is 28.5. The summed E-state index contributed by atoms with van der Waals surface area (Å²) in [6, 6.07) is 18.1. The molecule has 13 heteroatoms. The lowest BCUT2D eigenvalue weighted by Gasteiger charge is -2.08. The Morgan fingerprint density at radius 1 is 0.641 bits per heavy atom. The van der Waals surface area contributed by atoms with Crippen molar-refractivity contribution < 1.29 is 28.5 Å². The molecule has 0 unspecified atom stereocenters. The van der Waals surface area contributed by atoms with Crippen LogP contribution in [0.15, 0.2) is 105 Å². The summed E-state index contributed by atoms with van der Waals surface area (Å²) in [5.74, 6) is -0.632. The van der Waals surface area contributed by atoms with E-state index in [0.717, 1.165) is 24.3 Å². The van der Waals surface area contributed by atoms with Gasteiger partial charge in [0.25, 0.3) is 11.4 Å². The highest BCUT2D eigenvalue weighted by atomic mass is 32.2. The van der Waals surface area contributed by atoms with Gasteiger partial charge >= 0.3 is 0 Å². The smallest absolute Gasteiger partial charge is 0.270 e. The molecule has 0 spiro atoms. The van der Waals surface area contributed by atoms with Crippen LogP contribution in [0.25, 0.3) is 0 Å². The van der Waals surface area contributed by atoms with E-state index in [1.807, 2.05) is 0 Å². The Bertz CT molecular complexity index is 1640. The van der Waals surface area contributed by atoms with Crippen LogP contribution in [-0.2, 0) is 9.84 Å². The molecule has 0 heterocycles. The molecule has 0 aromatic heterocycles. The molecule has 2 N–H and O–H groups in total. The third kappa shape index (κ3) is 6.11. The van der Waals surface area contributed by atoms with Crippen LogP contribution in [0.3, 0.4) is 0 Å². The molecule has 12 nitrogen and oxygen atoms in total. The summed E-state index contributed by atoms with van der Waals surface area (Å²) in [5.41, 5.74) is 0.227. The van der Waals surface area contributed by atoms with Crippen LogP contribution < -0.4 is 0 Å². The summed E-state index contributed by atoms with van der Waals surface area (Å²) >= 11 is 0. The maximum atomic E-state index is 13.3. The third-order valence-corrected chi connectivity index (χ3v) is 7.13. The van der Waals surface area contributed by atoms with Crippen LogP contribution in [0.4, 0.5) is 22.7 Å². The fourth-order valence-electron chi connectivity index (χ4n) is 3.41. The maximum absolute atomic E-state index is 13.3. The molecule has 0 bridgehead atoms. The zero-order chi connectivity index (χ0) is 28.2. The molecule has 0 saturated heterocycles. The number of aliphatic imine (C=N–C) groups is 2. The Morgan fingerprint density at radius 3 is 1.44 bits per heavy atom. The molecule has 196 valence electrons. The Balaban J connectivity index is 1.65. The summed E-state index contributed by atoms with van der Waals surface area (Å²) in [7, 11) is -4.17. The van der Waals surface area contributed by atoms with Gasteiger partial charge in [0.2, 0.25) is 9.84 Å². The van der Waals surface area contributed by atoms with E-state index in [0.29, 0.717) is 11.1 Å². The summed E-state index contributed by atoms with van der Waals surface area (Å²) in [5, 5.41) is 42.3. The second kappa shape index (κ2) is 10.9. The molecular weight excluding hydrogens is 528 g/mol. The van der Waals surface area contributed by atoms with Gasteiger partial charge in [0.15, 0.2) is 0 Å². The molecule has 0 radical (unpaired) electrons. The van der Waals surface area contributed by atoms with E-state index in [-0.39, 0.29) is 44.0 Å². The van der Waals surface area contributed by atoms with Gasteiger partial charge in [-0.2, -0.15) is 0 Å². The van der Waals surface area contributed by atoms with Crippen LogP contribution in [-0.4, -0.2) is 40.9 Å². The molecule has 0 saturated carbocycles. The van der Waals surface area contributed by atoms with Crippen molar-refractivity contribution in [1.29, 1.82) is 0 Å². The third-order valence-electron chi connectivity index (χ3n) is 5.38. The van der Waals surface area contributed by atoms with Crippen molar-refractivity contribution in [2.24, 2.45) is 9.98 Å². The predicted molar refractivity (Wildman–Crippen MR) is 142 cm³/mol. The fraction of sp³-hybridized carbons (Fsp3) is 0. The van der Waals surface area contributed by atoms with Gasteiger partial charge < -0.3 is 10.2 Å². The average molecular weight is 547 g/mol. The lowest BCUT2D eigenvalue weighted by Crippen LogP contribution is -2.01. The van der Waals surface area contributed by atoms with Gasteiger partial charge in [-0.3, -0.25) is 30.2 Å². The molecule has 0 amide bonds. The number of hydrogen-bond acceptors (Lipinski definition) is 10. The first-order valence-electron chi connectivity index (χ1n) is 11.0. The van der Waals surface area contributed by atoms with E-state index in [2.05, 4.69) is 9.98 Å². The highest BCUT2D eigenvalue weighted by Crippen LogP contribution is 2.35. The van der Waals surface area contributed by atoms with Crippen molar-refractivity contribution in [3.63, 3.8) is 0 Å². The molecule has 0 aliphatic carbocycles. The number of non-ortho nitro benzene ring substituents is 2. The van der Waals surface area contributed by atoms with Crippen molar-refractivity contribution in [2.45, 2.75) is 9.79 Å². The largest absolute Gasteiger partial charge is 0.506 e. The van der Waals surface area contributed by atoms with E-state index in [9.17, 15) is 38.9 Å². The summed E-state index contributed by atoms with van der Waals surface area (Å²) in [6.45, 7) is 0. The quantitative estimate of drug-likeness (QED) is 0.170. The lowest BCUT2D eigenvalue weighted by molar-refractivity contribution is -0.385. The summed E-state index contributed by atoms with van der Waals surface area (Å²) in [6.07, 6.45) is 2.50. The molecule has 0 fully saturated rings. The van der Waals surface area contributed by atoms with Crippen molar-refractivity contribution in [2.75, 3.05) is 0 Å². The molecule has 0 atom stereocenters. The van der Waals surface area contributed by atoms with Gasteiger partial charge in [-0.1, -0.05) is 24.3 Å². The molecule has 4 rings (SSSR count). The average Bonchev–Trinajstić information content (AvgIpc) is 2.92. The Hall–Kier alpha value is -5.43. The van der Waals surface area contributed by atoms with E-state index in [1.54, 1.807) is 12.1 Å². The Morgan fingerprint density at radius 2 is 1.05 bits per heavy atom. The number of hydrogen-bond donors (Lipinski definition) is 2. The molecule has 39 heavy (non-hydrogen) atoms. The van der Waals surface area contributed by atoms with E-state index >= 15 is 0 Å². The minimum Gasteiger partial charge on any atom is -0.506 e. The van der Waals surface area contributed by atoms with Crippen molar-refractivity contribution >= 4 is 45.0 Å². The van der Waals surface area contributed by atoms with Gasteiger partial charge in [0.05, 0.1) is 19.6 Å². The normalized spacial score (nSPS) is 11.7. The fourth-order valence-corrected chi connectivity index (χ4v) is 4.71. The molecule has 4 aromatic rings. The van der Waals surface area contributed by atoms with Crippen LogP contribution in [0, 0.1) is 20.2 Å². The monoisotopic (exact) mass is 546 g/mol. The van der Waals surface area contributed by atoms with E-state index < -0.39 is 19.7 Å². The predicted octanol–water partition coefficient (Wildman–Crippen LogP) is 5.25. The maximum Gasteiger partial charge on any atom is 0.270 e.